The van der Waals surface area contributed by atoms with Gasteiger partial charge in [-0.25, -0.2) is 0 Å². The highest BCUT2D eigenvalue weighted by atomic mass is 16.5. The highest BCUT2D eigenvalue weighted by Gasteiger charge is 2.17. The quantitative estimate of drug-likeness (QED) is 0.489. The molecule has 0 aromatic heterocycles. The van der Waals surface area contributed by atoms with E-state index in [4.69, 9.17) is 4.74 Å². The number of allylic oxidation sites excluding steroid dienone is 1. The molecule has 1 heterocycles. The van der Waals surface area contributed by atoms with Crippen molar-refractivity contribution in [1.29, 1.82) is 0 Å². The normalized spacial score (nSPS) is 29.3. The number of unbranched alkanes of at least 4 members (excludes halogenated alkanes) is 2. The lowest BCUT2D eigenvalue weighted by molar-refractivity contribution is 0.0518. The first kappa shape index (κ1) is 11.8. The van der Waals surface area contributed by atoms with Crippen LogP contribution in [0, 0.1) is 5.92 Å². The van der Waals surface area contributed by atoms with E-state index in [1.807, 2.05) is 0 Å². The fourth-order valence-electron chi connectivity index (χ4n) is 1.96. The van der Waals surface area contributed by atoms with E-state index in [2.05, 4.69) is 26.0 Å². The monoisotopic (exact) mass is 196 g/mol. The van der Waals surface area contributed by atoms with Crippen molar-refractivity contribution in [1.82, 2.24) is 0 Å². The van der Waals surface area contributed by atoms with Crippen molar-refractivity contribution in [2.45, 2.75) is 58.5 Å². The van der Waals surface area contributed by atoms with Crippen molar-refractivity contribution in [3.05, 3.63) is 12.2 Å². The van der Waals surface area contributed by atoms with E-state index in [0.717, 1.165) is 6.61 Å². The summed E-state index contributed by atoms with van der Waals surface area (Å²) in [6, 6.07) is 0. The highest BCUT2D eigenvalue weighted by molar-refractivity contribution is 4.92. The zero-order chi connectivity index (χ0) is 10.2. The van der Waals surface area contributed by atoms with E-state index < -0.39 is 0 Å². The number of rotatable bonds is 4. The smallest absolute Gasteiger partial charge is 0.0609 e. The molecule has 0 aromatic carbocycles. The predicted octanol–water partition coefficient (Wildman–Crippen LogP) is 3.94. The molecule has 0 aromatic rings. The third kappa shape index (κ3) is 4.28. The number of hydrogen-bond acceptors (Lipinski definition) is 1. The van der Waals surface area contributed by atoms with Gasteiger partial charge in [0.2, 0.25) is 0 Å². The molecule has 1 nitrogen and oxygen atoms in total. The first-order valence-electron chi connectivity index (χ1n) is 6.13. The Labute approximate surface area is 88.5 Å². The molecule has 0 amide bonds. The molecule has 1 aliphatic heterocycles. The van der Waals surface area contributed by atoms with Crippen LogP contribution in [-0.2, 0) is 4.74 Å². The van der Waals surface area contributed by atoms with Gasteiger partial charge in [0, 0.05) is 12.5 Å². The molecule has 0 N–H and O–H groups in total. The number of ether oxygens (including phenoxy) is 1. The van der Waals surface area contributed by atoms with Crippen LogP contribution < -0.4 is 0 Å². The molecule has 0 unspecified atom stereocenters. The minimum atomic E-state index is 0.426. The van der Waals surface area contributed by atoms with Crippen LogP contribution in [0.15, 0.2) is 12.2 Å². The Kier molecular flexibility index (Phi) is 5.93. The molecule has 0 bridgehead atoms. The average molecular weight is 196 g/mol. The van der Waals surface area contributed by atoms with Gasteiger partial charge in [0.15, 0.2) is 0 Å². The lowest BCUT2D eigenvalue weighted by Gasteiger charge is -2.17. The molecule has 1 heteroatoms. The summed E-state index contributed by atoms with van der Waals surface area (Å²) in [6.45, 7) is 5.41. The van der Waals surface area contributed by atoms with Gasteiger partial charge in [-0.1, -0.05) is 38.3 Å². The van der Waals surface area contributed by atoms with Gasteiger partial charge < -0.3 is 4.74 Å². The number of hydrogen-bond donors (Lipinski definition) is 0. The predicted molar refractivity (Wildman–Crippen MR) is 61.4 cm³/mol. The topological polar surface area (TPSA) is 9.23 Å². The van der Waals surface area contributed by atoms with Crippen molar-refractivity contribution in [2.75, 3.05) is 6.61 Å². The van der Waals surface area contributed by atoms with Crippen molar-refractivity contribution in [3.63, 3.8) is 0 Å². The third-order valence-corrected chi connectivity index (χ3v) is 3.02. The molecule has 0 saturated carbocycles. The summed E-state index contributed by atoms with van der Waals surface area (Å²) in [7, 11) is 0. The molecule has 1 rings (SSSR count). The molecular weight excluding hydrogens is 172 g/mol. The minimum Gasteiger partial charge on any atom is -0.378 e. The van der Waals surface area contributed by atoms with E-state index in [1.165, 1.54) is 38.5 Å². The van der Waals surface area contributed by atoms with Gasteiger partial charge in [-0.15, -0.1) is 0 Å². The Morgan fingerprint density at radius 2 is 2.21 bits per heavy atom. The summed E-state index contributed by atoms with van der Waals surface area (Å²) >= 11 is 0. The molecule has 82 valence electrons. The molecular formula is C13H24O. The van der Waals surface area contributed by atoms with Crippen LogP contribution in [0.4, 0.5) is 0 Å². The van der Waals surface area contributed by atoms with Gasteiger partial charge in [-0.3, -0.25) is 0 Å². The summed E-state index contributed by atoms with van der Waals surface area (Å²) in [5.41, 5.74) is 0. The largest absolute Gasteiger partial charge is 0.378 e. The van der Waals surface area contributed by atoms with E-state index in [9.17, 15) is 0 Å². The highest BCUT2D eigenvalue weighted by Crippen LogP contribution is 2.21. The Balaban J connectivity index is 2.28. The van der Waals surface area contributed by atoms with Crippen molar-refractivity contribution in [2.24, 2.45) is 5.92 Å². The van der Waals surface area contributed by atoms with Gasteiger partial charge >= 0.3 is 0 Å². The van der Waals surface area contributed by atoms with Gasteiger partial charge in [0.25, 0.3) is 0 Å². The molecule has 2 atom stereocenters. The van der Waals surface area contributed by atoms with Crippen LogP contribution in [0.2, 0.25) is 0 Å². The van der Waals surface area contributed by atoms with E-state index >= 15 is 0 Å². The fraction of sp³-hybridized carbons (Fsp3) is 0.846. The van der Waals surface area contributed by atoms with Crippen LogP contribution >= 0.6 is 0 Å². The molecule has 0 spiro atoms. The van der Waals surface area contributed by atoms with Gasteiger partial charge in [-0.2, -0.15) is 0 Å². The minimum absolute atomic E-state index is 0.426. The second-order valence-corrected chi connectivity index (χ2v) is 4.31. The fourth-order valence-corrected chi connectivity index (χ4v) is 1.96. The maximum Gasteiger partial charge on any atom is 0.0609 e. The summed E-state index contributed by atoms with van der Waals surface area (Å²) < 4.78 is 5.72. The SMILES string of the molecule is CCCC/C=C/[C@H]1CCCCO[C@@H]1C. The van der Waals surface area contributed by atoms with Crippen LogP contribution in [0.5, 0.6) is 0 Å². The zero-order valence-corrected chi connectivity index (χ0v) is 9.67. The summed E-state index contributed by atoms with van der Waals surface area (Å²) in [5, 5.41) is 0. The van der Waals surface area contributed by atoms with Crippen LogP contribution in [-0.4, -0.2) is 12.7 Å². The molecule has 14 heavy (non-hydrogen) atoms. The molecule has 1 aliphatic rings. The van der Waals surface area contributed by atoms with E-state index in [0.29, 0.717) is 12.0 Å². The third-order valence-electron chi connectivity index (χ3n) is 3.02. The summed E-state index contributed by atoms with van der Waals surface area (Å²) in [5.74, 6) is 0.661. The first-order chi connectivity index (χ1) is 6.84. The molecule has 1 fully saturated rings. The van der Waals surface area contributed by atoms with Crippen molar-refractivity contribution >= 4 is 0 Å². The van der Waals surface area contributed by atoms with Crippen LogP contribution in [0.25, 0.3) is 0 Å². The summed E-state index contributed by atoms with van der Waals surface area (Å²) in [6.07, 6.45) is 12.9. The second-order valence-electron chi connectivity index (χ2n) is 4.31. The lowest BCUT2D eigenvalue weighted by Crippen LogP contribution is -2.16. The van der Waals surface area contributed by atoms with Crippen molar-refractivity contribution < 1.29 is 4.74 Å². The molecule has 0 aliphatic carbocycles. The van der Waals surface area contributed by atoms with E-state index in [-0.39, 0.29) is 0 Å². The Bertz CT molecular complexity index is 163. The molecule has 0 radical (unpaired) electrons. The Morgan fingerprint density at radius 1 is 1.36 bits per heavy atom. The van der Waals surface area contributed by atoms with Crippen LogP contribution in [0.3, 0.4) is 0 Å². The van der Waals surface area contributed by atoms with Gasteiger partial charge in [0.05, 0.1) is 6.10 Å². The maximum absolute atomic E-state index is 5.72. The Morgan fingerprint density at radius 3 is 3.00 bits per heavy atom. The first-order valence-corrected chi connectivity index (χ1v) is 6.13. The van der Waals surface area contributed by atoms with Gasteiger partial charge in [0.1, 0.15) is 0 Å². The van der Waals surface area contributed by atoms with E-state index in [1.54, 1.807) is 0 Å². The maximum atomic E-state index is 5.72. The Hall–Kier alpha value is -0.300. The standard InChI is InChI=1S/C13H24O/c1-3-4-5-6-9-13-10-7-8-11-14-12(13)2/h6,9,12-13H,3-5,7-8,10-11H2,1-2H3/b9-6+/t12-,13+/m1/s1. The van der Waals surface area contributed by atoms with Crippen molar-refractivity contribution in [3.8, 4) is 0 Å². The molecule has 1 saturated heterocycles. The van der Waals surface area contributed by atoms with Crippen LogP contribution in [0.1, 0.15) is 52.4 Å². The average Bonchev–Trinajstić information content (AvgIpc) is 2.39. The zero-order valence-electron chi connectivity index (χ0n) is 9.67. The van der Waals surface area contributed by atoms with Gasteiger partial charge in [-0.05, 0) is 26.2 Å². The summed E-state index contributed by atoms with van der Waals surface area (Å²) in [4.78, 5) is 0. The lowest BCUT2D eigenvalue weighted by atomic mass is 9.97. The second kappa shape index (κ2) is 7.05.